The molecule has 0 aliphatic heterocycles. The summed E-state index contributed by atoms with van der Waals surface area (Å²) in [6, 6.07) is 5.73. The average Bonchev–Trinajstić information content (AvgIpc) is 2.37. The van der Waals surface area contributed by atoms with Crippen molar-refractivity contribution in [3.8, 4) is 0 Å². The summed E-state index contributed by atoms with van der Waals surface area (Å²) in [5.74, 6) is -3.09. The van der Waals surface area contributed by atoms with Crippen molar-refractivity contribution in [1.82, 2.24) is 4.72 Å². The van der Waals surface area contributed by atoms with Gasteiger partial charge in [0, 0.05) is 24.0 Å². The van der Waals surface area contributed by atoms with Gasteiger partial charge in [0.25, 0.3) is 5.92 Å². The summed E-state index contributed by atoms with van der Waals surface area (Å²) in [6.45, 7) is 4.69. The molecular formula is C14H22F2N2O2S. The van der Waals surface area contributed by atoms with Gasteiger partial charge in [-0.1, -0.05) is 18.2 Å². The van der Waals surface area contributed by atoms with Gasteiger partial charge in [0.15, 0.2) is 0 Å². The van der Waals surface area contributed by atoms with Crippen molar-refractivity contribution in [2.24, 2.45) is 5.73 Å². The van der Waals surface area contributed by atoms with Gasteiger partial charge < -0.3 is 15.0 Å². The minimum absolute atomic E-state index is 0.180. The Labute approximate surface area is 127 Å². The monoisotopic (exact) mass is 320 g/mol. The van der Waals surface area contributed by atoms with Crippen molar-refractivity contribution in [1.29, 1.82) is 0 Å². The van der Waals surface area contributed by atoms with Gasteiger partial charge in [-0.2, -0.15) is 8.78 Å². The fourth-order valence-corrected chi connectivity index (χ4v) is 2.30. The maximum Gasteiger partial charge on any atom is 0.296 e. The van der Waals surface area contributed by atoms with Gasteiger partial charge in [-0.25, -0.2) is 0 Å². The molecule has 0 saturated heterocycles. The largest absolute Gasteiger partial charge is 0.598 e. The van der Waals surface area contributed by atoms with Crippen molar-refractivity contribution in [2.75, 3.05) is 13.7 Å². The van der Waals surface area contributed by atoms with Crippen LogP contribution in [0.15, 0.2) is 24.3 Å². The molecule has 4 nitrogen and oxygen atoms in total. The first-order chi connectivity index (χ1) is 9.58. The minimum Gasteiger partial charge on any atom is -0.598 e. The van der Waals surface area contributed by atoms with E-state index in [0.717, 1.165) is 0 Å². The van der Waals surface area contributed by atoms with E-state index in [0.29, 0.717) is 5.56 Å². The van der Waals surface area contributed by atoms with Crippen LogP contribution in [0.5, 0.6) is 0 Å². The molecule has 2 atom stereocenters. The van der Waals surface area contributed by atoms with Gasteiger partial charge in [0.1, 0.15) is 17.5 Å². The molecule has 0 spiro atoms. The Morgan fingerprint density at radius 3 is 2.52 bits per heavy atom. The topological polar surface area (TPSA) is 70.3 Å². The fraction of sp³-hybridized carbons (Fsp3) is 0.571. The third-order valence-electron chi connectivity index (χ3n) is 2.78. The van der Waals surface area contributed by atoms with Crippen LogP contribution in [-0.2, 0) is 22.0 Å². The zero-order chi connectivity index (χ0) is 16.3. The zero-order valence-electron chi connectivity index (χ0n) is 12.7. The highest BCUT2D eigenvalue weighted by atomic mass is 32.2. The normalized spacial score (nSPS) is 15.8. The summed E-state index contributed by atoms with van der Waals surface area (Å²) in [5, 5.41) is 0. The third kappa shape index (κ3) is 5.19. The molecule has 0 aliphatic rings. The maximum atomic E-state index is 13.8. The van der Waals surface area contributed by atoms with Crippen LogP contribution in [0.2, 0.25) is 0 Å². The highest BCUT2D eigenvalue weighted by Crippen LogP contribution is 2.29. The Morgan fingerprint density at radius 2 is 2.00 bits per heavy atom. The SMILES string of the molecule is COCC(F)(F)c1cccc([C@@H](N)N[S+]([O-])C(C)(C)C)c1. The summed E-state index contributed by atoms with van der Waals surface area (Å²) in [7, 11) is 1.22. The molecule has 1 aromatic rings. The summed E-state index contributed by atoms with van der Waals surface area (Å²) < 4.78 is 46.3. The van der Waals surface area contributed by atoms with E-state index in [1.54, 1.807) is 26.8 Å². The van der Waals surface area contributed by atoms with E-state index < -0.39 is 34.8 Å². The number of halogens is 2. The molecule has 120 valence electrons. The maximum absolute atomic E-state index is 13.8. The van der Waals surface area contributed by atoms with Gasteiger partial charge in [0.05, 0.1) is 0 Å². The molecule has 0 aliphatic carbocycles. The zero-order valence-corrected chi connectivity index (χ0v) is 13.5. The third-order valence-corrected chi connectivity index (χ3v) is 4.36. The average molecular weight is 320 g/mol. The Morgan fingerprint density at radius 1 is 1.38 bits per heavy atom. The smallest absolute Gasteiger partial charge is 0.296 e. The molecule has 0 fully saturated rings. The lowest BCUT2D eigenvalue weighted by Crippen LogP contribution is -2.43. The molecule has 3 N–H and O–H groups in total. The molecule has 1 unspecified atom stereocenters. The number of hydrogen-bond donors (Lipinski definition) is 2. The highest BCUT2D eigenvalue weighted by molar-refractivity contribution is 7.90. The number of benzene rings is 1. The van der Waals surface area contributed by atoms with Crippen LogP contribution in [-0.4, -0.2) is 23.0 Å². The number of ether oxygens (including phenoxy) is 1. The summed E-state index contributed by atoms with van der Waals surface area (Å²) in [5.41, 5.74) is 6.16. The van der Waals surface area contributed by atoms with E-state index in [9.17, 15) is 13.3 Å². The number of methoxy groups -OCH3 is 1. The minimum atomic E-state index is -3.09. The van der Waals surface area contributed by atoms with E-state index in [2.05, 4.69) is 9.46 Å². The number of rotatable bonds is 6. The van der Waals surface area contributed by atoms with Gasteiger partial charge >= 0.3 is 0 Å². The lowest BCUT2D eigenvalue weighted by atomic mass is 10.0. The Kier molecular flexibility index (Phi) is 6.12. The second-order valence-electron chi connectivity index (χ2n) is 5.74. The summed E-state index contributed by atoms with van der Waals surface area (Å²) in [6.07, 6.45) is -0.789. The molecule has 0 saturated carbocycles. The second kappa shape index (κ2) is 7.02. The lowest BCUT2D eigenvalue weighted by Gasteiger charge is -2.26. The van der Waals surface area contributed by atoms with Gasteiger partial charge in [-0.3, -0.25) is 0 Å². The Bertz CT molecular complexity index is 467. The summed E-state index contributed by atoms with van der Waals surface area (Å²) in [4.78, 5) is 0. The van der Waals surface area contributed by atoms with Crippen LogP contribution in [0.3, 0.4) is 0 Å². The van der Waals surface area contributed by atoms with Crippen LogP contribution < -0.4 is 10.5 Å². The van der Waals surface area contributed by atoms with Gasteiger partial charge in [-0.15, -0.1) is 4.72 Å². The van der Waals surface area contributed by atoms with E-state index in [4.69, 9.17) is 5.73 Å². The van der Waals surface area contributed by atoms with Crippen LogP contribution in [0.4, 0.5) is 8.78 Å². The molecule has 1 rings (SSSR count). The summed E-state index contributed by atoms with van der Waals surface area (Å²) >= 11 is -1.39. The first-order valence-corrected chi connectivity index (χ1v) is 7.64. The van der Waals surface area contributed by atoms with Crippen molar-refractivity contribution >= 4 is 11.4 Å². The molecule has 0 amide bonds. The predicted molar refractivity (Wildman–Crippen MR) is 80.2 cm³/mol. The standard InChI is InChI=1S/C14H22F2N2O2S/c1-13(2,3)21(19)18-12(17)10-6-5-7-11(8-10)14(15,16)9-20-4/h5-8,12,18H,9,17H2,1-4H3/t12-,21?/m0/s1. The van der Waals surface area contributed by atoms with E-state index >= 15 is 0 Å². The van der Waals surface area contributed by atoms with E-state index in [1.807, 2.05) is 0 Å². The first-order valence-electron chi connectivity index (χ1n) is 6.49. The molecule has 0 aromatic heterocycles. The van der Waals surface area contributed by atoms with Gasteiger partial charge in [0.2, 0.25) is 0 Å². The Balaban J connectivity index is 2.90. The second-order valence-corrected chi connectivity index (χ2v) is 7.74. The van der Waals surface area contributed by atoms with Crippen molar-refractivity contribution in [2.45, 2.75) is 37.6 Å². The molecule has 21 heavy (non-hydrogen) atoms. The number of nitrogens with one attached hydrogen (secondary N) is 1. The van der Waals surface area contributed by atoms with Crippen LogP contribution in [0, 0.1) is 0 Å². The quantitative estimate of drug-likeness (QED) is 0.624. The number of alkyl halides is 2. The number of hydrogen-bond acceptors (Lipinski definition) is 4. The van der Waals surface area contributed by atoms with E-state index in [1.165, 1.54) is 25.3 Å². The Hall–Kier alpha value is -0.730. The predicted octanol–water partition coefficient (Wildman–Crippen LogP) is 2.43. The van der Waals surface area contributed by atoms with Crippen molar-refractivity contribution in [3.05, 3.63) is 35.4 Å². The molecule has 0 bridgehead atoms. The molecule has 1 aromatic carbocycles. The van der Waals surface area contributed by atoms with Crippen LogP contribution in [0.1, 0.15) is 38.1 Å². The molecular weight excluding hydrogens is 298 g/mol. The van der Waals surface area contributed by atoms with Crippen LogP contribution >= 0.6 is 0 Å². The highest BCUT2D eigenvalue weighted by Gasteiger charge is 2.33. The van der Waals surface area contributed by atoms with Crippen LogP contribution in [0.25, 0.3) is 0 Å². The van der Waals surface area contributed by atoms with Crippen molar-refractivity contribution in [3.63, 3.8) is 0 Å². The number of nitrogens with two attached hydrogens (primary N) is 1. The molecule has 0 radical (unpaired) electrons. The molecule has 7 heteroatoms. The fourth-order valence-electron chi connectivity index (χ4n) is 1.58. The van der Waals surface area contributed by atoms with E-state index in [-0.39, 0.29) is 5.56 Å². The van der Waals surface area contributed by atoms with Crippen molar-refractivity contribution < 1.29 is 18.1 Å². The van der Waals surface area contributed by atoms with Gasteiger partial charge in [-0.05, 0) is 32.4 Å². The molecule has 0 heterocycles. The lowest BCUT2D eigenvalue weighted by molar-refractivity contribution is -0.0698. The first kappa shape index (κ1) is 18.3.